The maximum Gasteiger partial charge on any atom is 0.0678 e. The number of hydrogen-bond acceptors (Lipinski definition) is 3. The first-order chi connectivity index (χ1) is 9.75. The molecular formula is C16H21N3O. The molecule has 0 unspecified atom stereocenters. The van der Waals surface area contributed by atoms with Gasteiger partial charge in [-0.1, -0.05) is 24.3 Å². The van der Waals surface area contributed by atoms with Gasteiger partial charge in [0.2, 0.25) is 0 Å². The Morgan fingerprint density at radius 1 is 1.10 bits per heavy atom. The number of rotatable bonds is 3. The second kappa shape index (κ2) is 5.77. The summed E-state index contributed by atoms with van der Waals surface area (Å²) in [6, 6.07) is 11.3. The molecule has 3 rings (SSSR count). The minimum atomic E-state index is 0.444. The summed E-state index contributed by atoms with van der Waals surface area (Å²) in [6.45, 7) is 5.99. The molecule has 2 heterocycles. The van der Waals surface area contributed by atoms with Crippen LogP contribution in [0, 0.1) is 0 Å². The van der Waals surface area contributed by atoms with Crippen molar-refractivity contribution in [3.05, 3.63) is 42.1 Å². The summed E-state index contributed by atoms with van der Waals surface area (Å²) >= 11 is 0. The molecule has 0 aliphatic carbocycles. The van der Waals surface area contributed by atoms with Crippen molar-refractivity contribution in [3.63, 3.8) is 0 Å². The third-order valence-corrected chi connectivity index (χ3v) is 4.10. The largest absolute Gasteiger partial charge is 0.379 e. The van der Waals surface area contributed by atoms with Gasteiger partial charge in [-0.3, -0.25) is 9.58 Å². The fraction of sp³-hybridized carbons (Fsp3) is 0.438. The van der Waals surface area contributed by atoms with Crippen LogP contribution < -0.4 is 0 Å². The predicted octanol–water partition coefficient (Wildman–Crippen LogP) is 2.48. The topological polar surface area (TPSA) is 30.3 Å². The second-order valence-corrected chi connectivity index (χ2v) is 5.29. The molecule has 20 heavy (non-hydrogen) atoms. The molecule has 1 aliphatic rings. The number of benzene rings is 1. The highest BCUT2D eigenvalue weighted by Gasteiger charge is 2.18. The van der Waals surface area contributed by atoms with Crippen LogP contribution in [0.15, 0.2) is 36.5 Å². The predicted molar refractivity (Wildman–Crippen MR) is 79.5 cm³/mol. The van der Waals surface area contributed by atoms with Crippen molar-refractivity contribution in [1.82, 2.24) is 14.7 Å². The van der Waals surface area contributed by atoms with Crippen molar-refractivity contribution in [2.24, 2.45) is 7.05 Å². The lowest BCUT2D eigenvalue weighted by atomic mass is 10.0. The van der Waals surface area contributed by atoms with Crippen molar-refractivity contribution >= 4 is 0 Å². The van der Waals surface area contributed by atoms with E-state index in [9.17, 15) is 0 Å². The van der Waals surface area contributed by atoms with E-state index >= 15 is 0 Å². The first-order valence-corrected chi connectivity index (χ1v) is 7.16. The highest BCUT2D eigenvalue weighted by molar-refractivity contribution is 5.59. The van der Waals surface area contributed by atoms with Gasteiger partial charge in [0, 0.05) is 32.4 Å². The average Bonchev–Trinajstić information content (AvgIpc) is 2.94. The Kier molecular flexibility index (Phi) is 3.85. The van der Waals surface area contributed by atoms with Crippen LogP contribution in [0.5, 0.6) is 0 Å². The zero-order chi connectivity index (χ0) is 13.9. The van der Waals surface area contributed by atoms with Gasteiger partial charge in [-0.05, 0) is 24.1 Å². The number of aryl methyl sites for hydroxylation is 1. The summed E-state index contributed by atoms with van der Waals surface area (Å²) in [7, 11) is 1.97. The molecule has 1 aromatic heterocycles. The van der Waals surface area contributed by atoms with Gasteiger partial charge in [0.15, 0.2) is 0 Å². The molecule has 1 fully saturated rings. The Hall–Kier alpha value is -1.65. The lowest BCUT2D eigenvalue weighted by Gasteiger charge is -2.32. The van der Waals surface area contributed by atoms with E-state index in [-0.39, 0.29) is 0 Å². The summed E-state index contributed by atoms with van der Waals surface area (Å²) in [4.78, 5) is 2.47. The quantitative estimate of drug-likeness (QED) is 0.859. The molecular weight excluding hydrogens is 250 g/mol. The monoisotopic (exact) mass is 271 g/mol. The van der Waals surface area contributed by atoms with Gasteiger partial charge in [0.1, 0.15) is 0 Å². The molecule has 0 spiro atoms. The van der Waals surface area contributed by atoms with E-state index in [2.05, 4.69) is 41.2 Å². The van der Waals surface area contributed by atoms with Crippen LogP contribution in [0.3, 0.4) is 0 Å². The molecule has 0 amide bonds. The standard InChI is InChI=1S/C16H21N3O/c1-13(19-9-11-20-12-10-19)14-3-5-15(6-4-14)16-7-8-17-18(16)2/h3-8,13H,9-12H2,1-2H3/t13-/m1/s1. The van der Waals surface area contributed by atoms with Crippen LogP contribution >= 0.6 is 0 Å². The van der Waals surface area contributed by atoms with E-state index < -0.39 is 0 Å². The second-order valence-electron chi connectivity index (χ2n) is 5.29. The highest BCUT2D eigenvalue weighted by Crippen LogP contribution is 2.24. The van der Waals surface area contributed by atoms with Crippen molar-refractivity contribution in [2.75, 3.05) is 26.3 Å². The number of morpholine rings is 1. The van der Waals surface area contributed by atoms with Crippen LogP contribution in [0.2, 0.25) is 0 Å². The Morgan fingerprint density at radius 3 is 2.40 bits per heavy atom. The zero-order valence-electron chi connectivity index (χ0n) is 12.1. The Morgan fingerprint density at radius 2 is 1.80 bits per heavy atom. The minimum absolute atomic E-state index is 0.444. The van der Waals surface area contributed by atoms with E-state index in [1.54, 1.807) is 0 Å². The summed E-state index contributed by atoms with van der Waals surface area (Å²) < 4.78 is 7.32. The summed E-state index contributed by atoms with van der Waals surface area (Å²) in [5.41, 5.74) is 3.72. The van der Waals surface area contributed by atoms with Gasteiger partial charge in [-0.25, -0.2) is 0 Å². The third kappa shape index (κ3) is 2.62. The Bertz CT molecular complexity index is 555. The zero-order valence-corrected chi connectivity index (χ0v) is 12.1. The fourth-order valence-corrected chi connectivity index (χ4v) is 2.77. The van der Waals surface area contributed by atoms with Gasteiger partial charge in [-0.15, -0.1) is 0 Å². The molecule has 1 atom stereocenters. The molecule has 106 valence electrons. The van der Waals surface area contributed by atoms with Crippen molar-refractivity contribution in [3.8, 4) is 11.3 Å². The number of hydrogen-bond donors (Lipinski definition) is 0. The van der Waals surface area contributed by atoms with E-state index in [0.29, 0.717) is 6.04 Å². The SMILES string of the molecule is C[C@H](c1ccc(-c2ccnn2C)cc1)N1CCOCC1. The molecule has 1 saturated heterocycles. The van der Waals surface area contributed by atoms with E-state index in [1.165, 1.54) is 11.1 Å². The first-order valence-electron chi connectivity index (χ1n) is 7.16. The number of ether oxygens (including phenoxy) is 1. The summed E-state index contributed by atoms with van der Waals surface area (Å²) in [5.74, 6) is 0. The van der Waals surface area contributed by atoms with Crippen molar-refractivity contribution in [2.45, 2.75) is 13.0 Å². The third-order valence-electron chi connectivity index (χ3n) is 4.10. The lowest BCUT2D eigenvalue weighted by Crippen LogP contribution is -2.37. The summed E-state index contributed by atoms with van der Waals surface area (Å²) in [6.07, 6.45) is 1.83. The molecule has 2 aromatic rings. The molecule has 0 saturated carbocycles. The smallest absolute Gasteiger partial charge is 0.0678 e. The number of aromatic nitrogens is 2. The van der Waals surface area contributed by atoms with Crippen molar-refractivity contribution < 1.29 is 4.74 Å². The molecule has 1 aliphatic heterocycles. The molecule has 1 aromatic carbocycles. The van der Waals surface area contributed by atoms with Gasteiger partial charge in [-0.2, -0.15) is 5.10 Å². The van der Waals surface area contributed by atoms with Crippen LogP contribution in [0.1, 0.15) is 18.5 Å². The Labute approximate surface area is 120 Å². The van der Waals surface area contributed by atoms with E-state index in [4.69, 9.17) is 4.74 Å². The van der Waals surface area contributed by atoms with Gasteiger partial charge >= 0.3 is 0 Å². The normalized spacial score (nSPS) is 18.1. The number of nitrogens with zero attached hydrogens (tertiary/aromatic N) is 3. The molecule has 0 bridgehead atoms. The van der Waals surface area contributed by atoms with E-state index in [1.807, 2.05) is 24.0 Å². The lowest BCUT2D eigenvalue weighted by molar-refractivity contribution is 0.0198. The van der Waals surface area contributed by atoms with Crippen LogP contribution in [-0.2, 0) is 11.8 Å². The molecule has 0 N–H and O–H groups in total. The molecule has 0 radical (unpaired) electrons. The maximum atomic E-state index is 5.42. The van der Waals surface area contributed by atoms with E-state index in [0.717, 1.165) is 32.0 Å². The van der Waals surface area contributed by atoms with Crippen LogP contribution in [-0.4, -0.2) is 41.0 Å². The fourth-order valence-electron chi connectivity index (χ4n) is 2.77. The minimum Gasteiger partial charge on any atom is -0.379 e. The average molecular weight is 271 g/mol. The van der Waals surface area contributed by atoms with Crippen LogP contribution in [0.25, 0.3) is 11.3 Å². The van der Waals surface area contributed by atoms with Gasteiger partial charge < -0.3 is 4.74 Å². The first kappa shape index (κ1) is 13.3. The molecule has 4 nitrogen and oxygen atoms in total. The summed E-state index contributed by atoms with van der Waals surface area (Å²) in [5, 5.41) is 4.22. The van der Waals surface area contributed by atoms with Crippen molar-refractivity contribution in [1.29, 1.82) is 0 Å². The van der Waals surface area contributed by atoms with Gasteiger partial charge in [0.05, 0.1) is 18.9 Å². The molecule has 4 heteroatoms. The maximum absolute atomic E-state index is 5.42. The highest BCUT2D eigenvalue weighted by atomic mass is 16.5. The van der Waals surface area contributed by atoms with Crippen LogP contribution in [0.4, 0.5) is 0 Å². The van der Waals surface area contributed by atoms with Gasteiger partial charge in [0.25, 0.3) is 0 Å². The Balaban J connectivity index is 1.77.